The molecule has 0 saturated carbocycles. The van der Waals surface area contributed by atoms with Crippen LogP contribution in [0.1, 0.15) is 46.0 Å². The Hall–Kier alpha value is -1.38. The first-order valence-corrected chi connectivity index (χ1v) is 5.37. The molecule has 3 nitrogen and oxygen atoms in total. The third-order valence-electron chi connectivity index (χ3n) is 2.69. The van der Waals surface area contributed by atoms with Crippen molar-refractivity contribution >= 4 is 5.97 Å². The van der Waals surface area contributed by atoms with Crippen LogP contribution >= 0.6 is 0 Å². The van der Waals surface area contributed by atoms with Gasteiger partial charge in [0.1, 0.15) is 5.41 Å². The SMILES string of the molecule is CC(C)(C)c1cccc(C(C)(C)C(=O)O)n1. The van der Waals surface area contributed by atoms with Crippen LogP contribution in [-0.4, -0.2) is 16.1 Å². The highest BCUT2D eigenvalue weighted by molar-refractivity contribution is 5.79. The fraction of sp³-hybridized carbons (Fsp3) is 0.538. The monoisotopic (exact) mass is 221 g/mol. The van der Waals surface area contributed by atoms with Gasteiger partial charge in [-0.05, 0) is 26.0 Å². The van der Waals surface area contributed by atoms with Gasteiger partial charge in [0.05, 0.1) is 5.69 Å². The van der Waals surface area contributed by atoms with Crippen LogP contribution in [0.5, 0.6) is 0 Å². The fourth-order valence-corrected chi connectivity index (χ4v) is 1.31. The quantitative estimate of drug-likeness (QED) is 0.835. The van der Waals surface area contributed by atoms with E-state index in [9.17, 15) is 4.79 Å². The van der Waals surface area contributed by atoms with Crippen molar-refractivity contribution in [2.75, 3.05) is 0 Å². The summed E-state index contributed by atoms with van der Waals surface area (Å²) in [5.41, 5.74) is 0.512. The van der Waals surface area contributed by atoms with Crippen molar-refractivity contribution in [2.24, 2.45) is 0 Å². The van der Waals surface area contributed by atoms with E-state index >= 15 is 0 Å². The lowest BCUT2D eigenvalue weighted by molar-refractivity contribution is -0.142. The van der Waals surface area contributed by atoms with Gasteiger partial charge < -0.3 is 5.11 Å². The lowest BCUT2D eigenvalue weighted by atomic mass is 9.86. The van der Waals surface area contributed by atoms with Gasteiger partial charge in [-0.15, -0.1) is 0 Å². The number of hydrogen-bond acceptors (Lipinski definition) is 2. The predicted octanol–water partition coefficient (Wildman–Crippen LogP) is 2.74. The normalized spacial score (nSPS) is 12.6. The summed E-state index contributed by atoms with van der Waals surface area (Å²) in [6.07, 6.45) is 0. The molecule has 1 heterocycles. The van der Waals surface area contributed by atoms with Gasteiger partial charge in [0, 0.05) is 11.1 Å². The zero-order valence-corrected chi connectivity index (χ0v) is 10.5. The molecule has 1 aromatic heterocycles. The Bertz CT molecular complexity index is 403. The molecule has 0 saturated heterocycles. The van der Waals surface area contributed by atoms with E-state index in [1.54, 1.807) is 19.9 Å². The number of rotatable bonds is 2. The number of aromatic nitrogens is 1. The van der Waals surface area contributed by atoms with E-state index in [0.29, 0.717) is 5.69 Å². The molecule has 0 fully saturated rings. The minimum Gasteiger partial charge on any atom is -0.481 e. The largest absolute Gasteiger partial charge is 0.481 e. The van der Waals surface area contributed by atoms with E-state index in [2.05, 4.69) is 25.8 Å². The van der Waals surface area contributed by atoms with E-state index in [4.69, 9.17) is 5.11 Å². The van der Waals surface area contributed by atoms with Crippen molar-refractivity contribution in [1.82, 2.24) is 4.98 Å². The molecular formula is C13H19NO2. The van der Waals surface area contributed by atoms with Gasteiger partial charge in [-0.25, -0.2) is 0 Å². The second-order valence-corrected chi connectivity index (χ2v) is 5.59. The Balaban J connectivity index is 3.23. The first-order chi connectivity index (χ1) is 7.15. The molecule has 0 unspecified atom stereocenters. The summed E-state index contributed by atoms with van der Waals surface area (Å²) < 4.78 is 0. The highest BCUT2D eigenvalue weighted by Gasteiger charge is 2.31. The van der Waals surface area contributed by atoms with Gasteiger partial charge in [0.25, 0.3) is 0 Å². The van der Waals surface area contributed by atoms with Crippen LogP contribution in [0.4, 0.5) is 0 Å². The number of carboxylic acid groups (broad SMARTS) is 1. The number of pyridine rings is 1. The van der Waals surface area contributed by atoms with Gasteiger partial charge >= 0.3 is 5.97 Å². The number of carboxylic acids is 1. The van der Waals surface area contributed by atoms with Crippen molar-refractivity contribution in [3.63, 3.8) is 0 Å². The van der Waals surface area contributed by atoms with Crippen LogP contribution in [0, 0.1) is 0 Å². The first-order valence-electron chi connectivity index (χ1n) is 5.37. The Morgan fingerprint density at radius 2 is 1.62 bits per heavy atom. The molecule has 0 radical (unpaired) electrons. The molecular weight excluding hydrogens is 202 g/mol. The summed E-state index contributed by atoms with van der Waals surface area (Å²) in [5.74, 6) is -0.856. The molecule has 1 N–H and O–H groups in total. The molecule has 16 heavy (non-hydrogen) atoms. The summed E-state index contributed by atoms with van der Waals surface area (Å²) in [6.45, 7) is 9.53. The summed E-state index contributed by atoms with van der Waals surface area (Å²) >= 11 is 0. The molecule has 0 aromatic carbocycles. The summed E-state index contributed by atoms with van der Waals surface area (Å²) in [4.78, 5) is 15.6. The Morgan fingerprint density at radius 3 is 2.06 bits per heavy atom. The minimum atomic E-state index is -0.943. The average molecular weight is 221 g/mol. The number of nitrogens with zero attached hydrogens (tertiary/aromatic N) is 1. The van der Waals surface area contributed by atoms with Crippen molar-refractivity contribution in [3.05, 3.63) is 29.6 Å². The maximum atomic E-state index is 11.1. The minimum absolute atomic E-state index is 0.0649. The third kappa shape index (κ3) is 2.40. The van der Waals surface area contributed by atoms with Gasteiger partial charge in [-0.1, -0.05) is 26.8 Å². The van der Waals surface area contributed by atoms with E-state index in [1.807, 2.05) is 12.1 Å². The van der Waals surface area contributed by atoms with Crippen molar-refractivity contribution < 1.29 is 9.90 Å². The number of hydrogen-bond donors (Lipinski definition) is 1. The molecule has 0 atom stereocenters. The van der Waals surface area contributed by atoms with Gasteiger partial charge in [0.15, 0.2) is 0 Å². The van der Waals surface area contributed by atoms with Crippen molar-refractivity contribution in [1.29, 1.82) is 0 Å². The maximum Gasteiger partial charge on any atom is 0.315 e. The molecule has 3 heteroatoms. The van der Waals surface area contributed by atoms with E-state index in [-0.39, 0.29) is 5.41 Å². The molecule has 0 bridgehead atoms. The average Bonchev–Trinajstić information content (AvgIpc) is 2.16. The molecule has 1 aromatic rings. The molecule has 0 aliphatic carbocycles. The van der Waals surface area contributed by atoms with Crippen molar-refractivity contribution in [2.45, 2.75) is 45.4 Å². The zero-order chi connectivity index (χ0) is 12.6. The zero-order valence-electron chi connectivity index (χ0n) is 10.5. The first kappa shape index (κ1) is 12.7. The van der Waals surface area contributed by atoms with Crippen LogP contribution in [0.15, 0.2) is 18.2 Å². The molecule has 88 valence electrons. The number of aliphatic carboxylic acids is 1. The summed E-state index contributed by atoms with van der Waals surface area (Å²) in [7, 11) is 0. The van der Waals surface area contributed by atoms with E-state index < -0.39 is 11.4 Å². The van der Waals surface area contributed by atoms with Crippen LogP contribution in [-0.2, 0) is 15.6 Å². The molecule has 0 spiro atoms. The molecule has 0 aliphatic heterocycles. The summed E-state index contributed by atoms with van der Waals surface area (Å²) in [5, 5.41) is 9.15. The Morgan fingerprint density at radius 1 is 1.12 bits per heavy atom. The van der Waals surface area contributed by atoms with Crippen LogP contribution in [0.25, 0.3) is 0 Å². The molecule has 0 amide bonds. The third-order valence-corrected chi connectivity index (χ3v) is 2.69. The van der Waals surface area contributed by atoms with Crippen LogP contribution in [0.2, 0.25) is 0 Å². The second kappa shape index (κ2) is 3.89. The predicted molar refractivity (Wildman–Crippen MR) is 63.6 cm³/mol. The highest BCUT2D eigenvalue weighted by atomic mass is 16.4. The topological polar surface area (TPSA) is 50.2 Å². The van der Waals surface area contributed by atoms with Crippen LogP contribution in [0.3, 0.4) is 0 Å². The Labute approximate surface area is 96.5 Å². The number of carbonyl (C=O) groups is 1. The second-order valence-electron chi connectivity index (χ2n) is 5.59. The van der Waals surface area contributed by atoms with Gasteiger partial charge in [-0.3, -0.25) is 9.78 Å². The smallest absolute Gasteiger partial charge is 0.315 e. The Kier molecular flexibility index (Phi) is 3.08. The van der Waals surface area contributed by atoms with Gasteiger partial charge in [-0.2, -0.15) is 0 Å². The van der Waals surface area contributed by atoms with Crippen molar-refractivity contribution in [3.8, 4) is 0 Å². The highest BCUT2D eigenvalue weighted by Crippen LogP contribution is 2.25. The maximum absolute atomic E-state index is 11.1. The van der Waals surface area contributed by atoms with E-state index in [1.165, 1.54) is 0 Å². The molecule has 1 rings (SSSR count). The summed E-state index contributed by atoms with van der Waals surface area (Å²) in [6, 6.07) is 5.57. The standard InChI is InChI=1S/C13H19NO2/c1-12(2,3)9-7-6-8-10(14-9)13(4,5)11(15)16/h6-8H,1-5H3,(H,15,16). The van der Waals surface area contributed by atoms with Gasteiger partial charge in [0.2, 0.25) is 0 Å². The lowest BCUT2D eigenvalue weighted by Crippen LogP contribution is -2.30. The molecule has 0 aliphatic rings. The van der Waals surface area contributed by atoms with Crippen LogP contribution < -0.4 is 0 Å². The lowest BCUT2D eigenvalue weighted by Gasteiger charge is -2.23. The van der Waals surface area contributed by atoms with E-state index in [0.717, 1.165) is 5.69 Å². The fourth-order valence-electron chi connectivity index (χ4n) is 1.31.